The molecule has 0 bridgehead atoms. The molecule has 1 aromatic rings. The molecule has 4 N–H and O–H groups in total. The van der Waals surface area contributed by atoms with Gasteiger partial charge in [0.05, 0.1) is 7.11 Å². The summed E-state index contributed by atoms with van der Waals surface area (Å²) in [4.78, 5) is 23.3. The average Bonchev–Trinajstić information content (AvgIpc) is 2.42. The van der Waals surface area contributed by atoms with Gasteiger partial charge in [0.25, 0.3) is 0 Å². The summed E-state index contributed by atoms with van der Waals surface area (Å²) in [6.07, 6.45) is 1.42. The number of hydrogen-bond acceptors (Lipinski definition) is 6. The second-order valence-electron chi connectivity index (χ2n) is 4.04. The number of ketones is 1. The number of anilines is 1. The summed E-state index contributed by atoms with van der Waals surface area (Å²) in [5, 5.41) is 0. The molecule has 0 saturated carbocycles. The summed E-state index contributed by atoms with van der Waals surface area (Å²) in [5.74, 6) is -0.636. The first kappa shape index (κ1) is 15.7. The fourth-order valence-corrected chi connectivity index (χ4v) is 1.54. The lowest BCUT2D eigenvalue weighted by atomic mass is 10.1. The molecule has 0 radical (unpaired) electrons. The minimum Gasteiger partial charge on any atom is -0.496 e. The summed E-state index contributed by atoms with van der Waals surface area (Å²) in [7, 11) is 1.48. The second kappa shape index (κ2) is 7.30. The number of ether oxygens (including phenoxy) is 2. The van der Waals surface area contributed by atoms with Crippen LogP contribution in [0.2, 0.25) is 0 Å². The highest BCUT2D eigenvalue weighted by Gasteiger charge is 2.17. The van der Waals surface area contributed by atoms with Gasteiger partial charge < -0.3 is 20.9 Å². The van der Waals surface area contributed by atoms with Crippen molar-refractivity contribution in [1.29, 1.82) is 0 Å². The molecule has 1 rings (SSSR count). The van der Waals surface area contributed by atoms with Crippen LogP contribution in [0.4, 0.5) is 5.69 Å². The quantitative estimate of drug-likeness (QED) is 0.261. The number of Topliss-reactive ketones (excluding diaryl/α,β-unsaturated/α-hetero) is 1. The zero-order chi connectivity index (χ0) is 15.1. The fourth-order valence-electron chi connectivity index (χ4n) is 1.54. The first-order valence-electron chi connectivity index (χ1n) is 6.03. The van der Waals surface area contributed by atoms with Gasteiger partial charge in [-0.1, -0.05) is 0 Å². The Balaban J connectivity index is 3.14. The Morgan fingerprint density at radius 3 is 2.60 bits per heavy atom. The normalized spacial score (nSPS) is 11.1. The van der Waals surface area contributed by atoms with Crippen molar-refractivity contribution in [2.24, 2.45) is 5.73 Å². The number of rotatable bonds is 6. The van der Waals surface area contributed by atoms with E-state index >= 15 is 0 Å². The molecule has 0 amide bonds. The van der Waals surface area contributed by atoms with E-state index in [2.05, 4.69) is 0 Å². The van der Waals surface area contributed by atoms with Crippen molar-refractivity contribution < 1.29 is 19.1 Å². The molecule has 0 aromatic heterocycles. The Morgan fingerprint density at radius 2 is 2.05 bits per heavy atom. The predicted octanol–water partition coefficient (Wildman–Crippen LogP) is 0.752. The maximum absolute atomic E-state index is 11.8. The summed E-state index contributed by atoms with van der Waals surface area (Å²) in [6, 6.07) is 4.92. The lowest BCUT2D eigenvalue weighted by Crippen LogP contribution is -2.18. The van der Waals surface area contributed by atoms with Gasteiger partial charge in [0, 0.05) is 23.9 Å². The zero-order valence-corrected chi connectivity index (χ0v) is 11.5. The maximum atomic E-state index is 11.8. The van der Waals surface area contributed by atoms with Crippen molar-refractivity contribution >= 4 is 23.5 Å². The van der Waals surface area contributed by atoms with E-state index in [1.165, 1.54) is 20.1 Å². The van der Waals surface area contributed by atoms with Crippen molar-refractivity contribution in [3.05, 3.63) is 29.3 Å². The van der Waals surface area contributed by atoms with Crippen LogP contribution in [-0.2, 0) is 14.3 Å². The van der Waals surface area contributed by atoms with Gasteiger partial charge in [0.2, 0.25) is 0 Å². The van der Waals surface area contributed by atoms with Crippen LogP contribution in [0.1, 0.15) is 12.5 Å². The van der Waals surface area contributed by atoms with Gasteiger partial charge in [-0.05, 0) is 25.1 Å². The van der Waals surface area contributed by atoms with Crippen LogP contribution in [0.25, 0.3) is 6.08 Å². The fraction of sp³-hybridized carbons (Fsp3) is 0.286. The number of methoxy groups -OCH3 is 1. The predicted molar refractivity (Wildman–Crippen MR) is 76.1 cm³/mol. The first-order valence-corrected chi connectivity index (χ1v) is 6.03. The molecule has 0 atom stereocenters. The monoisotopic (exact) mass is 278 g/mol. The third-order valence-electron chi connectivity index (χ3n) is 2.51. The topological polar surface area (TPSA) is 105 Å². The van der Waals surface area contributed by atoms with Gasteiger partial charge in [-0.25, -0.2) is 4.79 Å². The van der Waals surface area contributed by atoms with Gasteiger partial charge in [-0.3, -0.25) is 4.79 Å². The van der Waals surface area contributed by atoms with E-state index in [0.717, 1.165) is 0 Å². The smallest absolute Gasteiger partial charge is 0.341 e. The molecule has 0 heterocycles. The molecule has 0 unspecified atom stereocenters. The Kier molecular flexibility index (Phi) is 5.74. The van der Waals surface area contributed by atoms with Gasteiger partial charge in [-0.15, -0.1) is 0 Å². The number of nitrogens with two attached hydrogens (primary N) is 2. The van der Waals surface area contributed by atoms with Crippen LogP contribution in [-0.4, -0.2) is 32.0 Å². The third kappa shape index (κ3) is 4.10. The molecule has 0 saturated heterocycles. The third-order valence-corrected chi connectivity index (χ3v) is 2.51. The van der Waals surface area contributed by atoms with Crippen LogP contribution in [0.5, 0.6) is 5.75 Å². The van der Waals surface area contributed by atoms with E-state index in [-0.39, 0.29) is 18.7 Å². The number of carbonyl (C=O) groups excluding carboxylic acids is 2. The van der Waals surface area contributed by atoms with E-state index in [0.29, 0.717) is 17.0 Å². The Labute approximate surface area is 117 Å². The summed E-state index contributed by atoms with van der Waals surface area (Å²) in [6.45, 7) is 1.55. The summed E-state index contributed by atoms with van der Waals surface area (Å²) in [5.41, 5.74) is 11.9. The lowest BCUT2D eigenvalue weighted by molar-refractivity contribution is -0.139. The SMILES string of the molecule is COc1cc(N)ccc1/C=C(\C(C)=O)C(=O)OCCN. The minimum absolute atomic E-state index is 0.0579. The standard InChI is InChI=1S/C14H18N2O4/c1-9(17)12(14(18)20-6-5-15)7-10-3-4-11(16)8-13(10)19-2/h3-4,7-8H,5-6,15-16H2,1-2H3/b12-7+. The minimum atomic E-state index is -0.707. The number of nitrogen functional groups attached to an aromatic ring is 1. The van der Waals surface area contributed by atoms with Gasteiger partial charge in [0.1, 0.15) is 17.9 Å². The molecule has 1 aromatic carbocycles. The molecule has 20 heavy (non-hydrogen) atoms. The first-order chi connectivity index (χ1) is 9.49. The number of hydrogen-bond donors (Lipinski definition) is 2. The van der Waals surface area contributed by atoms with E-state index < -0.39 is 11.8 Å². The van der Waals surface area contributed by atoms with Crippen LogP contribution >= 0.6 is 0 Å². The Morgan fingerprint density at radius 1 is 1.35 bits per heavy atom. The van der Waals surface area contributed by atoms with E-state index in [1.54, 1.807) is 18.2 Å². The van der Waals surface area contributed by atoms with Crippen molar-refractivity contribution in [2.75, 3.05) is 26.0 Å². The van der Waals surface area contributed by atoms with Crippen LogP contribution in [0, 0.1) is 0 Å². The van der Waals surface area contributed by atoms with Crippen LogP contribution < -0.4 is 16.2 Å². The summed E-state index contributed by atoms with van der Waals surface area (Å²) < 4.78 is 10.0. The molecule has 0 spiro atoms. The molecule has 6 heteroatoms. The Bertz CT molecular complexity index is 538. The van der Waals surface area contributed by atoms with Gasteiger partial charge in [-0.2, -0.15) is 0 Å². The number of carbonyl (C=O) groups is 2. The second-order valence-corrected chi connectivity index (χ2v) is 4.04. The van der Waals surface area contributed by atoms with E-state index in [1.807, 2.05) is 0 Å². The molecule has 0 aliphatic heterocycles. The van der Waals surface area contributed by atoms with Crippen molar-refractivity contribution in [1.82, 2.24) is 0 Å². The molecule has 0 aliphatic rings. The van der Waals surface area contributed by atoms with E-state index in [9.17, 15) is 9.59 Å². The van der Waals surface area contributed by atoms with Crippen molar-refractivity contribution in [3.8, 4) is 5.75 Å². The van der Waals surface area contributed by atoms with Crippen molar-refractivity contribution in [2.45, 2.75) is 6.92 Å². The molecular weight excluding hydrogens is 260 g/mol. The largest absolute Gasteiger partial charge is 0.496 e. The van der Waals surface area contributed by atoms with E-state index in [4.69, 9.17) is 20.9 Å². The van der Waals surface area contributed by atoms with Gasteiger partial charge in [0.15, 0.2) is 5.78 Å². The average molecular weight is 278 g/mol. The highest BCUT2D eigenvalue weighted by molar-refractivity contribution is 6.19. The Hall–Kier alpha value is -2.34. The van der Waals surface area contributed by atoms with Gasteiger partial charge >= 0.3 is 5.97 Å². The number of benzene rings is 1. The molecule has 0 fully saturated rings. The van der Waals surface area contributed by atoms with Crippen LogP contribution in [0.3, 0.4) is 0 Å². The molecule has 108 valence electrons. The van der Waals surface area contributed by atoms with Crippen molar-refractivity contribution in [3.63, 3.8) is 0 Å². The zero-order valence-electron chi connectivity index (χ0n) is 11.5. The molecular formula is C14H18N2O4. The highest BCUT2D eigenvalue weighted by atomic mass is 16.5. The number of esters is 1. The van der Waals surface area contributed by atoms with Crippen LogP contribution in [0.15, 0.2) is 23.8 Å². The molecule has 0 aliphatic carbocycles. The lowest BCUT2D eigenvalue weighted by Gasteiger charge is -2.08. The summed E-state index contributed by atoms with van der Waals surface area (Å²) >= 11 is 0. The maximum Gasteiger partial charge on any atom is 0.341 e. The highest BCUT2D eigenvalue weighted by Crippen LogP contribution is 2.24. The molecule has 6 nitrogen and oxygen atoms in total.